The number of hydrogen-bond acceptors (Lipinski definition) is 10. The third-order valence-corrected chi connectivity index (χ3v) is 6.45. The summed E-state index contributed by atoms with van der Waals surface area (Å²) in [5.41, 5.74) is 4.62. The fourth-order valence-electron chi connectivity index (χ4n) is 4.45. The van der Waals surface area contributed by atoms with Crippen molar-refractivity contribution in [2.24, 2.45) is 11.0 Å². The van der Waals surface area contributed by atoms with Crippen molar-refractivity contribution in [3.8, 4) is 0 Å². The van der Waals surface area contributed by atoms with Gasteiger partial charge in [0, 0.05) is 26.2 Å². The van der Waals surface area contributed by atoms with Gasteiger partial charge in [0.05, 0.1) is 49.4 Å². The molecule has 38 heavy (non-hydrogen) atoms. The molecule has 1 atom stereocenters. The van der Waals surface area contributed by atoms with Crippen molar-refractivity contribution in [3.05, 3.63) is 36.0 Å². The number of pyridine rings is 1. The van der Waals surface area contributed by atoms with Gasteiger partial charge in [0.25, 0.3) is 0 Å². The number of hydrogen-bond donors (Lipinski definition) is 3. The first-order chi connectivity index (χ1) is 18.6. The van der Waals surface area contributed by atoms with E-state index >= 15 is 0 Å². The summed E-state index contributed by atoms with van der Waals surface area (Å²) in [4.78, 5) is 16.9. The molecular formula is C27H44FN9O. The molecule has 5 heterocycles. The highest BCUT2D eigenvalue weighted by atomic mass is 19.1. The van der Waals surface area contributed by atoms with Gasteiger partial charge in [-0.25, -0.2) is 14.8 Å². The molecular weight excluding hydrogens is 485 g/mol. The number of nitrogens with one attached hydrogen (secondary N) is 3. The van der Waals surface area contributed by atoms with Crippen LogP contribution in [0.2, 0.25) is 0 Å². The van der Waals surface area contributed by atoms with Gasteiger partial charge >= 0.3 is 0 Å². The van der Waals surface area contributed by atoms with Gasteiger partial charge in [-0.05, 0) is 57.3 Å². The normalized spacial score (nSPS) is 20.3. The number of halogens is 1. The van der Waals surface area contributed by atoms with E-state index in [4.69, 9.17) is 4.74 Å². The van der Waals surface area contributed by atoms with Crippen LogP contribution in [0, 0.1) is 11.7 Å². The van der Waals surface area contributed by atoms with Crippen molar-refractivity contribution in [2.75, 3.05) is 67.7 Å². The molecule has 2 aromatic heterocycles. The van der Waals surface area contributed by atoms with Gasteiger partial charge in [-0.15, -0.1) is 0 Å². The number of anilines is 3. The van der Waals surface area contributed by atoms with Crippen LogP contribution in [0.5, 0.6) is 0 Å². The summed E-state index contributed by atoms with van der Waals surface area (Å²) >= 11 is 0. The lowest BCUT2D eigenvalue weighted by Gasteiger charge is -2.32. The summed E-state index contributed by atoms with van der Waals surface area (Å²) in [5.74, 6) is 0.764. The van der Waals surface area contributed by atoms with Crippen LogP contribution in [0.3, 0.4) is 0 Å². The zero-order valence-electron chi connectivity index (χ0n) is 23.3. The van der Waals surface area contributed by atoms with Gasteiger partial charge in [0.15, 0.2) is 11.6 Å². The number of aromatic nitrogens is 3. The van der Waals surface area contributed by atoms with E-state index in [1.165, 1.54) is 32.4 Å². The first kappa shape index (κ1) is 29.7. The topological polar surface area (TPSA) is 103 Å². The minimum atomic E-state index is -0.453. The lowest BCUT2D eigenvalue weighted by molar-refractivity contribution is 0.122. The molecule has 3 aliphatic heterocycles. The van der Waals surface area contributed by atoms with E-state index in [2.05, 4.69) is 60.9 Å². The van der Waals surface area contributed by atoms with Crippen LogP contribution in [0.25, 0.3) is 0 Å². The number of ether oxygens (including phenoxy) is 1. The van der Waals surface area contributed by atoms with Crippen molar-refractivity contribution < 1.29 is 9.13 Å². The van der Waals surface area contributed by atoms with Crippen LogP contribution in [-0.2, 0) is 4.74 Å². The van der Waals surface area contributed by atoms with Crippen LogP contribution < -0.4 is 25.9 Å². The Kier molecular flexibility index (Phi) is 12.6. The molecule has 3 aliphatic rings. The molecule has 0 radical (unpaired) electrons. The van der Waals surface area contributed by atoms with Gasteiger partial charge < -0.3 is 25.2 Å². The lowest BCUT2D eigenvalue weighted by atomic mass is 10.00. The SMILES string of the molecule is CC.CC1CCCN(c2ccc(/C=N/Nc3ncc(F)c(N4CCOCC4)n3)nc2)C1.CC1NCCCN1. The molecule has 3 N–H and O–H groups in total. The predicted octanol–water partition coefficient (Wildman–Crippen LogP) is 3.47. The van der Waals surface area contributed by atoms with Gasteiger partial charge in [-0.1, -0.05) is 20.8 Å². The molecule has 2 aromatic rings. The number of nitrogens with zero attached hydrogens (tertiary/aromatic N) is 6. The Morgan fingerprint density at radius 3 is 2.42 bits per heavy atom. The van der Waals surface area contributed by atoms with Crippen LogP contribution in [0.1, 0.15) is 52.7 Å². The fraction of sp³-hybridized carbons (Fsp3) is 0.630. The molecule has 10 nitrogen and oxygen atoms in total. The van der Waals surface area contributed by atoms with Crippen LogP contribution >= 0.6 is 0 Å². The zero-order chi connectivity index (χ0) is 27.2. The average Bonchev–Trinajstić information content (AvgIpc) is 2.97. The van der Waals surface area contributed by atoms with E-state index in [1.807, 2.05) is 31.0 Å². The molecule has 0 spiro atoms. The van der Waals surface area contributed by atoms with E-state index in [1.54, 1.807) is 6.21 Å². The van der Waals surface area contributed by atoms with Gasteiger partial charge in [-0.3, -0.25) is 4.98 Å². The quantitative estimate of drug-likeness (QED) is 0.397. The number of hydrazone groups is 1. The number of rotatable bonds is 5. The highest BCUT2D eigenvalue weighted by Crippen LogP contribution is 2.22. The van der Waals surface area contributed by atoms with Crippen molar-refractivity contribution in [1.82, 2.24) is 25.6 Å². The standard InChI is InChI=1S/C20H26FN7O.C5H12N2.C2H6/c1-15-3-2-6-28(14-15)17-5-4-16(22-12-17)11-24-26-20-23-13-18(21)19(25-20)27-7-9-29-10-8-27;1-5-6-3-2-4-7-5;1-2/h4-5,11-13,15H,2-3,6-10,14H2,1H3,(H,23,25,26);5-7H,2-4H2,1H3;1-2H3/b24-11+;;. The van der Waals surface area contributed by atoms with E-state index in [0.717, 1.165) is 30.7 Å². The Morgan fingerprint density at radius 2 is 1.79 bits per heavy atom. The first-order valence-electron chi connectivity index (χ1n) is 13.9. The van der Waals surface area contributed by atoms with E-state index in [-0.39, 0.29) is 11.8 Å². The maximum Gasteiger partial charge on any atom is 0.245 e. The van der Waals surface area contributed by atoms with Crippen molar-refractivity contribution >= 4 is 23.7 Å². The minimum Gasteiger partial charge on any atom is -0.378 e. The van der Waals surface area contributed by atoms with Crippen LogP contribution in [0.4, 0.5) is 21.8 Å². The predicted molar refractivity (Wildman–Crippen MR) is 153 cm³/mol. The number of morpholine rings is 1. The Bertz CT molecular complexity index is 964. The molecule has 0 bridgehead atoms. The monoisotopic (exact) mass is 529 g/mol. The van der Waals surface area contributed by atoms with E-state index in [0.29, 0.717) is 38.4 Å². The number of piperidine rings is 1. The molecule has 0 saturated carbocycles. The first-order valence-corrected chi connectivity index (χ1v) is 13.9. The second-order valence-corrected chi connectivity index (χ2v) is 9.45. The summed E-state index contributed by atoms with van der Waals surface area (Å²) in [6, 6.07) is 4.00. The molecule has 0 aromatic carbocycles. The van der Waals surface area contributed by atoms with Crippen LogP contribution in [-0.4, -0.2) is 79.8 Å². The largest absolute Gasteiger partial charge is 0.378 e. The summed E-state index contributed by atoms with van der Waals surface area (Å²) in [7, 11) is 0. The molecule has 210 valence electrons. The Labute approximate surface area is 226 Å². The molecule has 3 fully saturated rings. The molecule has 0 amide bonds. The average molecular weight is 530 g/mol. The minimum absolute atomic E-state index is 0.239. The van der Waals surface area contributed by atoms with Gasteiger partial charge in [-0.2, -0.15) is 10.1 Å². The highest BCUT2D eigenvalue weighted by molar-refractivity contribution is 5.78. The van der Waals surface area contributed by atoms with Gasteiger partial charge in [0.2, 0.25) is 5.95 Å². The Morgan fingerprint density at radius 1 is 1.03 bits per heavy atom. The molecule has 1 unspecified atom stereocenters. The molecule has 5 rings (SSSR count). The zero-order valence-corrected chi connectivity index (χ0v) is 23.3. The lowest BCUT2D eigenvalue weighted by Crippen LogP contribution is -2.45. The Hall–Kier alpha value is -2.89. The third-order valence-electron chi connectivity index (χ3n) is 6.45. The summed E-state index contributed by atoms with van der Waals surface area (Å²) in [6.07, 6.45) is 8.95. The van der Waals surface area contributed by atoms with E-state index < -0.39 is 5.82 Å². The second-order valence-electron chi connectivity index (χ2n) is 9.45. The molecule has 3 saturated heterocycles. The molecule has 0 aliphatic carbocycles. The van der Waals surface area contributed by atoms with Crippen molar-refractivity contribution in [2.45, 2.75) is 53.1 Å². The smallest absolute Gasteiger partial charge is 0.245 e. The van der Waals surface area contributed by atoms with Crippen LogP contribution in [0.15, 0.2) is 29.6 Å². The van der Waals surface area contributed by atoms with E-state index in [9.17, 15) is 4.39 Å². The third kappa shape index (κ3) is 9.45. The van der Waals surface area contributed by atoms with Crippen molar-refractivity contribution in [3.63, 3.8) is 0 Å². The molecule has 11 heteroatoms. The maximum atomic E-state index is 14.1. The Balaban J connectivity index is 0.000000381. The van der Waals surface area contributed by atoms with Gasteiger partial charge in [0.1, 0.15) is 0 Å². The summed E-state index contributed by atoms with van der Waals surface area (Å²) in [6.45, 7) is 15.2. The summed E-state index contributed by atoms with van der Waals surface area (Å²) < 4.78 is 19.4. The second kappa shape index (κ2) is 16.2. The highest BCUT2D eigenvalue weighted by Gasteiger charge is 2.18. The van der Waals surface area contributed by atoms with Crippen molar-refractivity contribution in [1.29, 1.82) is 0 Å². The summed E-state index contributed by atoms with van der Waals surface area (Å²) in [5, 5.41) is 10.7. The fourth-order valence-corrected chi connectivity index (χ4v) is 4.45. The maximum absolute atomic E-state index is 14.1.